The van der Waals surface area contributed by atoms with E-state index in [1.165, 1.54) is 22.5 Å². The van der Waals surface area contributed by atoms with Gasteiger partial charge < -0.3 is 5.32 Å². The molecule has 0 radical (unpaired) electrons. The minimum Gasteiger partial charge on any atom is -0.326 e. The van der Waals surface area contributed by atoms with Crippen LogP contribution in [0.25, 0.3) is 6.08 Å². The number of halogens is 3. The number of carbonyl (C=O) groups excluding carboxylic acids is 1. The number of anilines is 1. The molecule has 30 heavy (non-hydrogen) atoms. The average molecular weight is 438 g/mol. The Morgan fingerprint density at radius 1 is 1.03 bits per heavy atom. The van der Waals surface area contributed by atoms with E-state index in [4.69, 9.17) is 0 Å². The lowest BCUT2D eigenvalue weighted by atomic mass is 9.97. The summed E-state index contributed by atoms with van der Waals surface area (Å²) in [5.41, 5.74) is -0.0153. The summed E-state index contributed by atoms with van der Waals surface area (Å²) in [6.45, 7) is 0.338. The fourth-order valence-electron chi connectivity index (χ4n) is 3.20. The molecule has 0 bridgehead atoms. The lowest BCUT2D eigenvalue weighted by Gasteiger charge is -2.29. The number of piperidine rings is 1. The first-order chi connectivity index (χ1) is 14.1. The number of hydrogen-bond acceptors (Lipinski definition) is 3. The predicted octanol–water partition coefficient (Wildman–Crippen LogP) is 4.36. The summed E-state index contributed by atoms with van der Waals surface area (Å²) in [5.74, 6) is -0.879. The van der Waals surface area contributed by atoms with E-state index in [1.807, 2.05) is 6.07 Å². The molecule has 0 atom stereocenters. The van der Waals surface area contributed by atoms with Gasteiger partial charge in [-0.05, 0) is 42.7 Å². The van der Waals surface area contributed by atoms with Gasteiger partial charge in [0.1, 0.15) is 0 Å². The van der Waals surface area contributed by atoms with Crippen LogP contribution in [0.3, 0.4) is 0 Å². The Hall–Kier alpha value is -2.65. The van der Waals surface area contributed by atoms with Crippen LogP contribution in [0.2, 0.25) is 0 Å². The Morgan fingerprint density at radius 2 is 1.70 bits per heavy atom. The second-order valence-electron chi connectivity index (χ2n) is 7.00. The maximum atomic E-state index is 12.8. The Balaban J connectivity index is 1.57. The summed E-state index contributed by atoms with van der Waals surface area (Å²) in [7, 11) is -3.62. The zero-order valence-electron chi connectivity index (χ0n) is 16.0. The molecule has 1 N–H and O–H groups in total. The molecule has 1 fully saturated rings. The highest BCUT2D eigenvalue weighted by molar-refractivity contribution is 7.92. The molecule has 1 aliphatic heterocycles. The summed E-state index contributed by atoms with van der Waals surface area (Å²) >= 11 is 0. The summed E-state index contributed by atoms with van der Waals surface area (Å²) in [6, 6.07) is 13.5. The first-order valence-electron chi connectivity index (χ1n) is 9.36. The molecular formula is C21H21F3N2O3S. The number of rotatable bonds is 5. The van der Waals surface area contributed by atoms with Gasteiger partial charge in [-0.3, -0.25) is 4.79 Å². The largest absolute Gasteiger partial charge is 0.416 e. The molecule has 0 aromatic heterocycles. The third-order valence-corrected chi connectivity index (χ3v) is 6.44. The molecule has 0 aliphatic carbocycles. The average Bonchev–Trinajstić information content (AvgIpc) is 2.73. The SMILES string of the molecule is O=C(Nc1cccc(C(F)(F)F)c1)C1CCN(S(=O)(=O)/C=C/c2ccccc2)CC1. The number of alkyl halides is 3. The van der Waals surface area contributed by atoms with Crippen molar-refractivity contribution in [3.63, 3.8) is 0 Å². The second kappa shape index (κ2) is 9.01. The van der Waals surface area contributed by atoms with Crippen molar-refractivity contribution in [1.29, 1.82) is 0 Å². The molecular weight excluding hydrogens is 417 g/mol. The van der Waals surface area contributed by atoms with Crippen molar-refractivity contribution in [2.24, 2.45) is 5.92 Å². The van der Waals surface area contributed by atoms with Gasteiger partial charge in [-0.2, -0.15) is 17.5 Å². The lowest BCUT2D eigenvalue weighted by Crippen LogP contribution is -2.40. The summed E-state index contributed by atoms with van der Waals surface area (Å²) in [5, 5.41) is 3.65. The smallest absolute Gasteiger partial charge is 0.326 e. The van der Waals surface area contributed by atoms with E-state index in [2.05, 4.69) is 5.32 Å². The number of carbonyl (C=O) groups is 1. The van der Waals surface area contributed by atoms with Gasteiger partial charge in [0.15, 0.2) is 0 Å². The Bertz CT molecular complexity index is 1010. The molecule has 2 aromatic carbocycles. The van der Waals surface area contributed by atoms with Gasteiger partial charge in [0.2, 0.25) is 15.9 Å². The van der Waals surface area contributed by atoms with Gasteiger partial charge in [0.05, 0.1) is 5.56 Å². The van der Waals surface area contributed by atoms with Crippen LogP contribution in [0.5, 0.6) is 0 Å². The summed E-state index contributed by atoms with van der Waals surface area (Å²) < 4.78 is 64.7. The highest BCUT2D eigenvalue weighted by Crippen LogP contribution is 2.31. The highest BCUT2D eigenvalue weighted by atomic mass is 32.2. The normalized spacial score (nSPS) is 16.6. The number of sulfonamides is 1. The van der Waals surface area contributed by atoms with Crippen molar-refractivity contribution in [3.05, 3.63) is 71.1 Å². The molecule has 0 unspecified atom stereocenters. The van der Waals surface area contributed by atoms with E-state index in [0.29, 0.717) is 12.8 Å². The maximum absolute atomic E-state index is 12.8. The molecule has 1 saturated heterocycles. The lowest BCUT2D eigenvalue weighted by molar-refractivity contribution is -0.137. The van der Waals surface area contributed by atoms with Gasteiger partial charge >= 0.3 is 6.18 Å². The minimum absolute atomic E-state index is 0.0654. The van der Waals surface area contributed by atoms with Gasteiger partial charge in [-0.15, -0.1) is 0 Å². The van der Waals surface area contributed by atoms with Crippen LogP contribution in [0.1, 0.15) is 24.0 Å². The predicted molar refractivity (Wildman–Crippen MR) is 109 cm³/mol. The van der Waals surface area contributed by atoms with Crippen molar-refractivity contribution in [2.75, 3.05) is 18.4 Å². The van der Waals surface area contributed by atoms with Crippen molar-refractivity contribution < 1.29 is 26.4 Å². The quantitative estimate of drug-likeness (QED) is 0.755. The molecule has 1 heterocycles. The highest BCUT2D eigenvalue weighted by Gasteiger charge is 2.32. The first kappa shape index (κ1) is 22.0. The van der Waals surface area contributed by atoms with Gasteiger partial charge in [-0.25, -0.2) is 8.42 Å². The summed E-state index contributed by atoms with van der Waals surface area (Å²) in [6.07, 6.45) is -2.39. The zero-order valence-corrected chi connectivity index (χ0v) is 16.8. The maximum Gasteiger partial charge on any atom is 0.416 e. The van der Waals surface area contributed by atoms with E-state index in [0.717, 1.165) is 23.1 Å². The Labute approximate surface area is 173 Å². The van der Waals surface area contributed by atoms with Gasteiger partial charge in [0.25, 0.3) is 0 Å². The van der Waals surface area contributed by atoms with Crippen LogP contribution >= 0.6 is 0 Å². The molecule has 0 spiro atoms. The molecule has 160 valence electrons. The van der Waals surface area contributed by atoms with Crippen LogP contribution < -0.4 is 5.32 Å². The van der Waals surface area contributed by atoms with Crippen molar-refractivity contribution in [2.45, 2.75) is 19.0 Å². The number of amides is 1. The fraction of sp³-hybridized carbons (Fsp3) is 0.286. The molecule has 0 saturated carbocycles. The van der Waals surface area contributed by atoms with E-state index in [9.17, 15) is 26.4 Å². The van der Waals surface area contributed by atoms with Crippen LogP contribution in [0.15, 0.2) is 60.0 Å². The number of nitrogens with one attached hydrogen (secondary N) is 1. The van der Waals surface area contributed by atoms with Crippen molar-refractivity contribution >= 4 is 27.7 Å². The number of hydrogen-bond donors (Lipinski definition) is 1. The van der Waals surface area contributed by atoms with Crippen LogP contribution in [0.4, 0.5) is 18.9 Å². The summed E-state index contributed by atoms with van der Waals surface area (Å²) in [4.78, 5) is 12.4. The molecule has 2 aromatic rings. The molecule has 5 nitrogen and oxygen atoms in total. The Morgan fingerprint density at radius 3 is 2.33 bits per heavy atom. The fourth-order valence-corrected chi connectivity index (χ4v) is 4.43. The van der Waals surface area contributed by atoms with Crippen LogP contribution in [-0.2, 0) is 21.0 Å². The van der Waals surface area contributed by atoms with Crippen molar-refractivity contribution in [1.82, 2.24) is 4.31 Å². The van der Waals surface area contributed by atoms with Crippen LogP contribution in [0, 0.1) is 5.92 Å². The van der Waals surface area contributed by atoms with E-state index >= 15 is 0 Å². The minimum atomic E-state index is -4.49. The standard InChI is InChI=1S/C21H21F3N2O3S/c22-21(23,24)18-7-4-8-19(15-18)25-20(27)17-9-12-26(13-10-17)30(28,29)14-11-16-5-2-1-3-6-16/h1-8,11,14-15,17H,9-10,12-13H2,(H,25,27)/b14-11+. The molecule has 1 aliphatic rings. The first-order valence-corrected chi connectivity index (χ1v) is 10.9. The van der Waals surface area contributed by atoms with Crippen LogP contribution in [-0.4, -0.2) is 31.7 Å². The monoisotopic (exact) mass is 438 g/mol. The topological polar surface area (TPSA) is 66.5 Å². The number of nitrogens with zero attached hydrogens (tertiary/aromatic N) is 1. The van der Waals surface area contributed by atoms with E-state index in [-0.39, 0.29) is 18.8 Å². The molecule has 9 heteroatoms. The number of benzene rings is 2. The third-order valence-electron chi connectivity index (χ3n) is 4.87. The second-order valence-corrected chi connectivity index (χ2v) is 8.82. The zero-order chi connectivity index (χ0) is 21.8. The Kier molecular flexibility index (Phi) is 6.62. The molecule has 1 amide bonds. The third kappa shape index (κ3) is 5.70. The van der Waals surface area contributed by atoms with Crippen molar-refractivity contribution in [3.8, 4) is 0 Å². The van der Waals surface area contributed by atoms with Gasteiger partial charge in [0, 0.05) is 30.1 Å². The van der Waals surface area contributed by atoms with E-state index < -0.39 is 33.6 Å². The molecule has 3 rings (SSSR count). The van der Waals surface area contributed by atoms with Gasteiger partial charge in [-0.1, -0.05) is 36.4 Å². The van der Waals surface area contributed by atoms with E-state index in [1.54, 1.807) is 24.3 Å².